The predicted molar refractivity (Wildman–Crippen MR) is 32.6 cm³/mol. The van der Waals surface area contributed by atoms with Crippen LogP contribution in [0.2, 0.25) is 6.04 Å². The number of hydrogen-bond acceptors (Lipinski definition) is 0. The molecule has 0 aromatic rings. The average molecular weight is 321 g/mol. The Kier molecular flexibility index (Phi) is 7.18. The summed E-state index contributed by atoms with van der Waals surface area (Å²) in [4.78, 5) is 0. The third-order valence-corrected chi connectivity index (χ3v) is 13.7. The van der Waals surface area contributed by atoms with Gasteiger partial charge in [-0.25, -0.2) is 0 Å². The van der Waals surface area contributed by atoms with Crippen molar-refractivity contribution in [2.75, 3.05) is 0 Å². The van der Waals surface area contributed by atoms with E-state index in [2.05, 4.69) is 6.92 Å². The van der Waals surface area contributed by atoms with Crippen molar-refractivity contribution < 1.29 is 17.7 Å². The molecule has 0 saturated carbocycles. The summed E-state index contributed by atoms with van der Waals surface area (Å²) < 4.78 is 0. The molecule has 4 heteroatoms. The zero-order valence-electron chi connectivity index (χ0n) is 4.17. The molecule has 0 bridgehead atoms. The minimum absolute atomic E-state index is 0.932. The molecule has 7 heavy (non-hydrogen) atoms. The van der Waals surface area contributed by atoms with Gasteiger partial charge >= 0.3 is 60.5 Å². The van der Waals surface area contributed by atoms with Crippen molar-refractivity contribution in [3.8, 4) is 0 Å². The summed E-state index contributed by atoms with van der Waals surface area (Å²) in [6.45, 7) is 2.16. The van der Waals surface area contributed by atoms with Gasteiger partial charge in [-0.05, 0) is 0 Å². The summed E-state index contributed by atoms with van der Waals surface area (Å²) in [6.07, 6.45) is 2.17. The second-order valence-corrected chi connectivity index (χ2v) is 24.8. The van der Waals surface area contributed by atoms with Crippen molar-refractivity contribution in [1.82, 2.24) is 0 Å². The van der Waals surface area contributed by atoms with Crippen molar-refractivity contribution in [3.05, 3.63) is 0 Å². The molecular weight excluding hydrogens is 314 g/mol. The van der Waals surface area contributed by atoms with Crippen LogP contribution in [-0.2, 0) is 17.7 Å². The van der Waals surface area contributed by atoms with Gasteiger partial charge < -0.3 is 0 Å². The van der Waals surface area contributed by atoms with E-state index in [-0.39, 0.29) is 0 Å². The van der Waals surface area contributed by atoms with E-state index in [9.17, 15) is 0 Å². The molecule has 0 unspecified atom stereocenters. The molecule has 0 spiro atoms. The van der Waals surface area contributed by atoms with Crippen LogP contribution < -0.4 is 0 Å². The molecule has 0 aromatic heterocycles. The third-order valence-electron chi connectivity index (χ3n) is 0.509. The number of rotatable bonds is 2. The van der Waals surface area contributed by atoms with Gasteiger partial charge in [0.25, 0.3) is 0 Å². The first-order chi connectivity index (χ1) is 3.27. The Morgan fingerprint density at radius 2 is 2.14 bits per heavy atom. The van der Waals surface area contributed by atoms with Crippen LogP contribution in [0.3, 0.4) is 0 Å². The van der Waals surface area contributed by atoms with Gasteiger partial charge in [0, 0.05) is 0 Å². The molecule has 0 N–H and O–H groups in total. The molecule has 1 radical (unpaired) electrons. The zero-order chi connectivity index (χ0) is 5.70. The summed E-state index contributed by atoms with van der Waals surface area (Å²) >= 11 is -1.80. The molecule has 0 aliphatic heterocycles. The van der Waals surface area contributed by atoms with Crippen LogP contribution in [0.15, 0.2) is 0 Å². The van der Waals surface area contributed by atoms with E-state index in [1.807, 2.05) is 0 Å². The Hall–Kier alpha value is 1.67. The molecule has 0 fully saturated rings. The van der Waals surface area contributed by atoms with Crippen LogP contribution in [0, 0.1) is 0 Å². The van der Waals surface area contributed by atoms with Crippen molar-refractivity contribution in [2.24, 2.45) is 0 Å². The molecule has 0 heterocycles. The van der Waals surface area contributed by atoms with Crippen molar-refractivity contribution in [3.63, 3.8) is 0 Å². The molecule has 0 nitrogen and oxygen atoms in total. The van der Waals surface area contributed by atoms with Crippen LogP contribution in [0.5, 0.6) is 0 Å². The van der Waals surface area contributed by atoms with Crippen LogP contribution in [0.1, 0.15) is 13.3 Å². The Morgan fingerprint density at radius 3 is 2.29 bits per heavy atom. The molecular formula is C3H7Cl2HfSi. The molecule has 0 atom stereocenters. The van der Waals surface area contributed by atoms with Crippen molar-refractivity contribution in [1.29, 1.82) is 0 Å². The Morgan fingerprint density at radius 1 is 1.57 bits per heavy atom. The van der Waals surface area contributed by atoms with E-state index in [0.717, 1.165) is 6.22 Å². The molecule has 0 amide bonds. The third kappa shape index (κ3) is 7.67. The Balaban J connectivity index is 3.08. The van der Waals surface area contributed by atoms with Gasteiger partial charge in [0.1, 0.15) is 0 Å². The van der Waals surface area contributed by atoms with Gasteiger partial charge in [-0.15, -0.1) is 0 Å². The monoisotopic (exact) mass is 321 g/mol. The number of halogens is 2. The Labute approximate surface area is 60.0 Å². The molecule has 0 aromatic carbocycles. The van der Waals surface area contributed by atoms with Gasteiger partial charge in [0.15, 0.2) is 0 Å². The minimum atomic E-state index is -1.80. The summed E-state index contributed by atoms with van der Waals surface area (Å²) in [5.74, 6) is 0. The van der Waals surface area contributed by atoms with Gasteiger partial charge in [-0.1, -0.05) is 0 Å². The van der Waals surface area contributed by atoms with E-state index in [0.29, 0.717) is 0 Å². The standard InChI is InChI=1S/C3H7Si.2ClH.Hf/c1-2-3-4;;;/h2-3H2,1H3;2*1H;/q;;;+2/p-2. The summed E-state index contributed by atoms with van der Waals surface area (Å²) in [7, 11) is 11.3. The fourth-order valence-corrected chi connectivity index (χ4v) is 10.0. The first kappa shape index (κ1) is 8.67. The maximum absolute atomic E-state index is 5.65. The average Bonchev–Trinajstić information content (AvgIpc) is 1.61. The second-order valence-electron chi connectivity index (χ2n) is 1.19. The first-order valence-corrected chi connectivity index (χ1v) is 17.7. The van der Waals surface area contributed by atoms with Crippen LogP contribution in [-0.4, -0.2) is 6.22 Å². The van der Waals surface area contributed by atoms with Crippen LogP contribution >= 0.6 is 17.2 Å². The van der Waals surface area contributed by atoms with Crippen molar-refractivity contribution in [2.45, 2.75) is 19.4 Å². The number of hydrogen-bond donors (Lipinski definition) is 0. The quantitative estimate of drug-likeness (QED) is 0.685. The van der Waals surface area contributed by atoms with Crippen LogP contribution in [0.4, 0.5) is 0 Å². The van der Waals surface area contributed by atoms with Gasteiger partial charge in [-0.2, -0.15) is 0 Å². The fourth-order valence-electron chi connectivity index (χ4n) is 0.219. The molecule has 0 saturated heterocycles. The topological polar surface area (TPSA) is 0 Å². The SMILES string of the molecule is CCC[Si]=[Hf]([Cl])[Cl]. The Bertz CT molecular complexity index is 69.3. The van der Waals surface area contributed by atoms with Crippen LogP contribution in [0.25, 0.3) is 0 Å². The molecule has 41 valence electrons. The normalized spacial score (nSPS) is 8.43. The van der Waals surface area contributed by atoms with Gasteiger partial charge in [0.05, 0.1) is 0 Å². The first-order valence-electron chi connectivity index (χ1n) is 2.19. The van der Waals surface area contributed by atoms with Gasteiger partial charge in [-0.3, -0.25) is 0 Å². The summed E-state index contributed by atoms with van der Waals surface area (Å²) in [6, 6.07) is 1.26. The molecule has 0 aliphatic carbocycles. The molecule has 0 aliphatic rings. The van der Waals surface area contributed by atoms with Gasteiger partial charge in [0.2, 0.25) is 0 Å². The maximum atomic E-state index is 5.65. The summed E-state index contributed by atoms with van der Waals surface area (Å²) in [5.41, 5.74) is 0. The zero-order valence-corrected chi connectivity index (χ0v) is 10.3. The fraction of sp³-hybridized carbons (Fsp3) is 1.00. The van der Waals surface area contributed by atoms with E-state index < -0.39 is 17.7 Å². The molecule has 0 rings (SSSR count). The van der Waals surface area contributed by atoms with E-state index in [1.54, 1.807) is 0 Å². The second kappa shape index (κ2) is 5.80. The predicted octanol–water partition coefficient (Wildman–Crippen LogP) is 2.36. The van der Waals surface area contributed by atoms with Crippen molar-refractivity contribution >= 4 is 23.4 Å². The van der Waals surface area contributed by atoms with E-state index in [1.165, 1.54) is 12.5 Å². The van der Waals surface area contributed by atoms with E-state index >= 15 is 0 Å². The van der Waals surface area contributed by atoms with E-state index in [4.69, 9.17) is 17.2 Å². The summed E-state index contributed by atoms with van der Waals surface area (Å²) in [5, 5.41) is 0.